The van der Waals surface area contributed by atoms with Crippen LogP contribution in [0.15, 0.2) is 36.4 Å². The number of phenols is 1. The summed E-state index contributed by atoms with van der Waals surface area (Å²) in [6.07, 6.45) is 3.26. The summed E-state index contributed by atoms with van der Waals surface area (Å²) in [6.45, 7) is 1.29. The molecule has 2 N–H and O–H groups in total. The minimum atomic E-state index is -0.722. The molecule has 1 amide bonds. The maximum atomic E-state index is 12.0. The number of hydrogen-bond donors (Lipinski definition) is 2. The standard InChI is InChI=1S/C19H19NO4/c1-12-4-2-7-16(18(12)22)19(23)24-11-17(21)20-15-9-8-13-5-3-6-14(13)10-15/h2,4,7-10,22H,3,5-6,11H2,1H3,(H,20,21). The summed E-state index contributed by atoms with van der Waals surface area (Å²) in [5.74, 6) is -1.25. The molecule has 1 aliphatic carbocycles. The van der Waals surface area contributed by atoms with Gasteiger partial charge in [-0.25, -0.2) is 4.79 Å². The number of ether oxygens (including phenoxy) is 1. The number of fused-ring (bicyclic) bond motifs is 1. The highest BCUT2D eigenvalue weighted by molar-refractivity contribution is 5.97. The van der Waals surface area contributed by atoms with Crippen LogP contribution in [0.5, 0.6) is 5.75 Å². The number of benzene rings is 2. The van der Waals surface area contributed by atoms with Gasteiger partial charge in [0, 0.05) is 5.69 Å². The Morgan fingerprint density at radius 2 is 1.96 bits per heavy atom. The first-order valence-corrected chi connectivity index (χ1v) is 7.92. The zero-order valence-electron chi connectivity index (χ0n) is 13.5. The molecule has 5 nitrogen and oxygen atoms in total. The van der Waals surface area contributed by atoms with Crippen molar-refractivity contribution in [3.8, 4) is 5.75 Å². The summed E-state index contributed by atoms with van der Waals surface area (Å²) in [7, 11) is 0. The van der Waals surface area contributed by atoms with Gasteiger partial charge in [0.25, 0.3) is 5.91 Å². The van der Waals surface area contributed by atoms with Crippen LogP contribution in [0.3, 0.4) is 0 Å². The van der Waals surface area contributed by atoms with Gasteiger partial charge in [0.05, 0.1) is 0 Å². The number of anilines is 1. The van der Waals surface area contributed by atoms with Gasteiger partial charge in [-0.1, -0.05) is 18.2 Å². The lowest BCUT2D eigenvalue weighted by Crippen LogP contribution is -2.21. The van der Waals surface area contributed by atoms with Crippen LogP contribution in [-0.4, -0.2) is 23.6 Å². The second-order valence-corrected chi connectivity index (χ2v) is 5.93. The molecule has 5 heteroatoms. The van der Waals surface area contributed by atoms with Crippen molar-refractivity contribution in [2.45, 2.75) is 26.2 Å². The number of hydrogen-bond acceptors (Lipinski definition) is 4. The lowest BCUT2D eigenvalue weighted by Gasteiger charge is -2.09. The zero-order valence-corrected chi connectivity index (χ0v) is 13.5. The quantitative estimate of drug-likeness (QED) is 0.847. The van der Waals surface area contributed by atoms with Crippen LogP contribution in [0, 0.1) is 6.92 Å². The summed E-state index contributed by atoms with van der Waals surface area (Å²) in [4.78, 5) is 23.9. The van der Waals surface area contributed by atoms with Crippen molar-refractivity contribution in [3.05, 3.63) is 58.7 Å². The van der Waals surface area contributed by atoms with Gasteiger partial charge in [0.15, 0.2) is 6.61 Å². The molecule has 0 radical (unpaired) electrons. The summed E-state index contributed by atoms with van der Waals surface area (Å²) >= 11 is 0. The molecule has 0 aromatic heterocycles. The lowest BCUT2D eigenvalue weighted by atomic mass is 10.1. The van der Waals surface area contributed by atoms with E-state index in [9.17, 15) is 14.7 Å². The molecule has 0 saturated carbocycles. The second-order valence-electron chi connectivity index (χ2n) is 5.93. The number of rotatable bonds is 4. The predicted molar refractivity (Wildman–Crippen MR) is 90.2 cm³/mol. The van der Waals surface area contributed by atoms with E-state index in [-0.39, 0.29) is 11.3 Å². The molecule has 0 saturated heterocycles. The predicted octanol–water partition coefficient (Wildman–Crippen LogP) is 2.98. The number of aryl methyl sites for hydroxylation is 3. The van der Waals surface area contributed by atoms with Gasteiger partial charge < -0.3 is 15.2 Å². The molecular weight excluding hydrogens is 306 g/mol. The van der Waals surface area contributed by atoms with E-state index in [1.807, 2.05) is 18.2 Å². The van der Waals surface area contributed by atoms with Gasteiger partial charge in [-0.2, -0.15) is 0 Å². The van der Waals surface area contributed by atoms with E-state index in [0.717, 1.165) is 19.3 Å². The highest BCUT2D eigenvalue weighted by Crippen LogP contribution is 2.25. The van der Waals surface area contributed by atoms with E-state index in [2.05, 4.69) is 5.32 Å². The van der Waals surface area contributed by atoms with Crippen LogP contribution in [0.2, 0.25) is 0 Å². The third kappa shape index (κ3) is 3.40. The van der Waals surface area contributed by atoms with Crippen molar-refractivity contribution in [2.75, 3.05) is 11.9 Å². The minimum absolute atomic E-state index is 0.0559. The molecule has 0 atom stereocenters. The van der Waals surface area contributed by atoms with Gasteiger partial charge in [0.1, 0.15) is 11.3 Å². The fourth-order valence-corrected chi connectivity index (χ4v) is 2.88. The number of esters is 1. The molecule has 1 aliphatic rings. The Kier molecular flexibility index (Phi) is 4.51. The maximum Gasteiger partial charge on any atom is 0.342 e. The van der Waals surface area contributed by atoms with Gasteiger partial charge in [-0.15, -0.1) is 0 Å². The van der Waals surface area contributed by atoms with Crippen molar-refractivity contribution in [1.29, 1.82) is 0 Å². The normalized spacial score (nSPS) is 12.5. The van der Waals surface area contributed by atoms with E-state index in [4.69, 9.17) is 4.74 Å². The number of carbonyl (C=O) groups excluding carboxylic acids is 2. The average molecular weight is 325 g/mol. The summed E-state index contributed by atoms with van der Waals surface area (Å²) in [6, 6.07) is 10.6. The van der Waals surface area contributed by atoms with E-state index in [0.29, 0.717) is 11.3 Å². The van der Waals surface area contributed by atoms with Gasteiger partial charge in [-0.05, 0) is 61.1 Å². The lowest BCUT2D eigenvalue weighted by molar-refractivity contribution is -0.119. The molecular formula is C19H19NO4. The number of nitrogens with one attached hydrogen (secondary N) is 1. The highest BCUT2D eigenvalue weighted by Gasteiger charge is 2.16. The molecule has 2 aromatic carbocycles. The highest BCUT2D eigenvalue weighted by atomic mass is 16.5. The number of aromatic hydroxyl groups is 1. The van der Waals surface area contributed by atoms with Crippen LogP contribution in [0.25, 0.3) is 0 Å². The Morgan fingerprint density at radius 3 is 2.79 bits per heavy atom. The minimum Gasteiger partial charge on any atom is -0.507 e. The van der Waals surface area contributed by atoms with Crippen molar-refractivity contribution in [2.24, 2.45) is 0 Å². The Labute approximate surface area is 140 Å². The van der Waals surface area contributed by atoms with Crippen molar-refractivity contribution < 1.29 is 19.4 Å². The largest absolute Gasteiger partial charge is 0.507 e. The molecule has 0 unspecified atom stereocenters. The number of carbonyl (C=O) groups is 2. The van der Waals surface area contributed by atoms with Crippen LogP contribution in [-0.2, 0) is 22.4 Å². The molecule has 0 fully saturated rings. The van der Waals surface area contributed by atoms with Crippen molar-refractivity contribution in [1.82, 2.24) is 0 Å². The van der Waals surface area contributed by atoms with Crippen molar-refractivity contribution >= 4 is 17.6 Å². The molecule has 124 valence electrons. The number of para-hydroxylation sites is 1. The fraction of sp³-hybridized carbons (Fsp3) is 0.263. The third-order valence-corrected chi connectivity index (χ3v) is 4.17. The summed E-state index contributed by atoms with van der Waals surface area (Å²) in [5.41, 5.74) is 3.92. The molecule has 0 bridgehead atoms. The van der Waals surface area contributed by atoms with Gasteiger partial charge in [-0.3, -0.25) is 4.79 Å². The van der Waals surface area contributed by atoms with E-state index in [1.165, 1.54) is 17.2 Å². The van der Waals surface area contributed by atoms with E-state index in [1.54, 1.807) is 19.1 Å². The first-order valence-electron chi connectivity index (χ1n) is 7.92. The Hall–Kier alpha value is -2.82. The molecule has 3 rings (SSSR count). The molecule has 2 aromatic rings. The van der Waals surface area contributed by atoms with Crippen LogP contribution < -0.4 is 5.32 Å². The molecule has 0 spiro atoms. The number of amides is 1. The average Bonchev–Trinajstić information content (AvgIpc) is 3.03. The molecule has 0 aliphatic heterocycles. The monoisotopic (exact) mass is 325 g/mol. The first-order chi connectivity index (χ1) is 11.5. The van der Waals surface area contributed by atoms with Gasteiger partial charge >= 0.3 is 5.97 Å². The Balaban J connectivity index is 1.57. The van der Waals surface area contributed by atoms with Crippen LogP contribution in [0.4, 0.5) is 5.69 Å². The number of phenolic OH excluding ortho intramolecular Hbond substituents is 1. The van der Waals surface area contributed by atoms with E-state index >= 15 is 0 Å². The van der Waals surface area contributed by atoms with Crippen LogP contribution in [0.1, 0.15) is 33.5 Å². The van der Waals surface area contributed by atoms with E-state index < -0.39 is 18.5 Å². The Bertz CT molecular complexity index is 798. The molecule has 0 heterocycles. The smallest absolute Gasteiger partial charge is 0.342 e. The summed E-state index contributed by atoms with van der Waals surface area (Å²) in [5, 5.41) is 12.6. The zero-order chi connectivity index (χ0) is 17.1. The maximum absolute atomic E-state index is 12.0. The first kappa shape index (κ1) is 16.1. The SMILES string of the molecule is Cc1cccc(C(=O)OCC(=O)Nc2ccc3c(c2)CCC3)c1O. The van der Waals surface area contributed by atoms with Crippen molar-refractivity contribution in [3.63, 3.8) is 0 Å². The molecule has 24 heavy (non-hydrogen) atoms. The van der Waals surface area contributed by atoms with Crippen LogP contribution >= 0.6 is 0 Å². The Morgan fingerprint density at radius 1 is 1.17 bits per heavy atom. The third-order valence-electron chi connectivity index (χ3n) is 4.17. The topological polar surface area (TPSA) is 75.6 Å². The summed E-state index contributed by atoms with van der Waals surface area (Å²) < 4.78 is 4.98. The second kappa shape index (κ2) is 6.74. The van der Waals surface area contributed by atoms with Gasteiger partial charge in [0.2, 0.25) is 0 Å². The fourth-order valence-electron chi connectivity index (χ4n) is 2.88.